The van der Waals surface area contributed by atoms with Crippen LogP contribution in [0.1, 0.15) is 25.7 Å². The summed E-state index contributed by atoms with van der Waals surface area (Å²) < 4.78 is 27.6. The van der Waals surface area contributed by atoms with Crippen LogP contribution in [0.2, 0.25) is 5.02 Å². The number of piperidine rings is 1. The summed E-state index contributed by atoms with van der Waals surface area (Å²) in [6.07, 6.45) is 4.15. The number of hydrogen-bond acceptors (Lipinski definition) is 6. The van der Waals surface area contributed by atoms with Crippen molar-refractivity contribution in [2.45, 2.75) is 37.1 Å². The molecule has 0 saturated carbocycles. The maximum atomic E-state index is 13.5. The van der Waals surface area contributed by atoms with E-state index in [1.807, 2.05) is 0 Å². The van der Waals surface area contributed by atoms with Crippen molar-refractivity contribution in [3.63, 3.8) is 0 Å². The Labute approximate surface area is 206 Å². The number of amides is 2. The number of aromatic nitrogens is 1. The highest BCUT2D eigenvalue weighted by molar-refractivity contribution is 7.91. The number of hydrogen-bond donors (Lipinski definition) is 2. The molecule has 3 N–H and O–H groups in total. The molecule has 1 aliphatic heterocycles. The van der Waals surface area contributed by atoms with E-state index >= 15 is 0 Å². The summed E-state index contributed by atoms with van der Waals surface area (Å²) in [7, 11) is -3.69. The van der Waals surface area contributed by atoms with Gasteiger partial charge >= 0.3 is 5.91 Å². The van der Waals surface area contributed by atoms with E-state index in [1.165, 1.54) is 4.57 Å². The molecule has 0 spiro atoms. The zero-order valence-corrected chi connectivity index (χ0v) is 20.9. The number of primary amides is 1. The van der Waals surface area contributed by atoms with Crippen LogP contribution in [0.4, 0.5) is 5.00 Å². The van der Waals surface area contributed by atoms with Crippen molar-refractivity contribution in [2.24, 2.45) is 5.73 Å². The van der Waals surface area contributed by atoms with E-state index in [0.29, 0.717) is 23.1 Å². The lowest BCUT2D eigenvalue weighted by Crippen LogP contribution is -2.57. The second kappa shape index (κ2) is 9.61. The minimum atomic E-state index is -3.69. The zero-order chi connectivity index (χ0) is 24.5. The van der Waals surface area contributed by atoms with E-state index in [4.69, 9.17) is 22.7 Å². The predicted molar refractivity (Wildman–Crippen MR) is 133 cm³/mol. The van der Waals surface area contributed by atoms with Gasteiger partial charge in [0.15, 0.2) is 14.6 Å². The zero-order valence-electron chi connectivity index (χ0n) is 18.5. The number of carbonyl (C=O) groups is 2. The van der Waals surface area contributed by atoms with Gasteiger partial charge in [-0.3, -0.25) is 10.2 Å². The van der Waals surface area contributed by atoms with E-state index in [9.17, 15) is 18.0 Å². The third kappa shape index (κ3) is 4.95. The predicted octanol–water partition coefficient (Wildman–Crippen LogP) is 3.20. The minimum absolute atomic E-state index is 0.00798. The molecule has 1 saturated heterocycles. The number of sulfone groups is 1. The molecule has 0 bridgehead atoms. The van der Waals surface area contributed by atoms with Gasteiger partial charge in [-0.15, -0.1) is 0 Å². The number of likely N-dealkylation sites (tertiary alicyclic amines) is 1. The van der Waals surface area contributed by atoms with Gasteiger partial charge in [0.25, 0.3) is 0 Å². The number of nitrogens with two attached hydrogens (primary N) is 1. The number of halogens is 1. The first kappa shape index (κ1) is 24.6. The van der Waals surface area contributed by atoms with Gasteiger partial charge in [-0.1, -0.05) is 23.7 Å². The molecule has 4 rings (SSSR count). The molecule has 2 aromatic carbocycles. The highest BCUT2D eigenvalue weighted by atomic mass is 35.5. The van der Waals surface area contributed by atoms with Crippen molar-refractivity contribution in [3.8, 4) is 0 Å². The Hall–Kier alpha value is -2.53. The molecule has 34 heavy (non-hydrogen) atoms. The number of carbonyl (C=O) groups excluding carboxylic acids is 2. The normalized spacial score (nSPS) is 15.9. The second-order valence-corrected chi connectivity index (χ2v) is 12.1. The minimum Gasteiger partial charge on any atom is -0.368 e. The van der Waals surface area contributed by atoms with Crippen molar-refractivity contribution < 1.29 is 18.0 Å². The Morgan fingerprint density at radius 2 is 1.76 bits per heavy atom. The maximum absolute atomic E-state index is 13.5. The summed E-state index contributed by atoms with van der Waals surface area (Å²) in [5.74, 6) is -1.06. The third-order valence-corrected chi connectivity index (χ3v) is 9.29. The lowest BCUT2D eigenvalue weighted by molar-refractivity contribution is -0.130. The summed E-state index contributed by atoms with van der Waals surface area (Å²) >= 11 is 7.15. The van der Waals surface area contributed by atoms with Gasteiger partial charge < -0.3 is 10.3 Å². The highest BCUT2D eigenvalue weighted by Crippen LogP contribution is 2.33. The van der Waals surface area contributed by atoms with E-state index in [1.54, 1.807) is 42.6 Å². The molecule has 11 heteroatoms. The van der Waals surface area contributed by atoms with Gasteiger partial charge in [-0.2, -0.15) is 0 Å². The second-order valence-electron chi connectivity index (χ2n) is 8.56. The monoisotopic (exact) mass is 521 g/mol. The number of nitrogens with one attached hydrogen (secondary N) is 1. The Morgan fingerprint density at radius 1 is 1.09 bits per heavy atom. The van der Waals surface area contributed by atoms with Crippen LogP contribution in [0.5, 0.6) is 0 Å². The Morgan fingerprint density at radius 3 is 2.47 bits per heavy atom. The highest BCUT2D eigenvalue weighted by Gasteiger charge is 2.42. The number of quaternary nitrogens is 1. The summed E-state index contributed by atoms with van der Waals surface area (Å²) in [6.45, 7) is 0.962. The average Bonchev–Trinajstić information content (AvgIpc) is 3.17. The van der Waals surface area contributed by atoms with Gasteiger partial charge in [-0.25, -0.2) is 17.7 Å². The van der Waals surface area contributed by atoms with Crippen LogP contribution in [0.25, 0.3) is 10.8 Å². The molecule has 180 valence electrons. The molecular weight excluding hydrogens is 496 g/mol. The first-order valence-electron chi connectivity index (χ1n) is 11.0. The van der Waals surface area contributed by atoms with Crippen molar-refractivity contribution in [2.75, 3.05) is 18.8 Å². The van der Waals surface area contributed by atoms with Gasteiger partial charge in [-0.05, 0) is 65.6 Å². The van der Waals surface area contributed by atoms with E-state index < -0.39 is 15.7 Å². The van der Waals surface area contributed by atoms with Gasteiger partial charge in [0.05, 0.1) is 36.4 Å². The number of benzene rings is 2. The Kier molecular flexibility index (Phi) is 6.95. The number of rotatable bonds is 7. The van der Waals surface area contributed by atoms with Gasteiger partial charge in [0.1, 0.15) is 6.54 Å². The molecule has 0 aliphatic carbocycles. The molecule has 2 heterocycles. The number of nitrogens with zero attached hydrogens (tertiary/aromatic N) is 2. The van der Waals surface area contributed by atoms with Crippen molar-refractivity contribution in [3.05, 3.63) is 52.4 Å². The topological polar surface area (TPSA) is 123 Å². The summed E-state index contributed by atoms with van der Waals surface area (Å²) in [5, 5.41) is 11.0. The molecule has 0 radical (unpaired) electrons. The first-order chi connectivity index (χ1) is 16.1. The van der Waals surface area contributed by atoms with Crippen molar-refractivity contribution in [1.29, 1.82) is 5.41 Å². The van der Waals surface area contributed by atoms with Crippen LogP contribution in [-0.2, 0) is 26.0 Å². The summed E-state index contributed by atoms with van der Waals surface area (Å²) in [4.78, 5) is 25.2. The van der Waals surface area contributed by atoms with Crippen LogP contribution < -0.4 is 15.0 Å². The molecule has 1 aliphatic rings. The van der Waals surface area contributed by atoms with Crippen molar-refractivity contribution >= 4 is 60.4 Å². The van der Waals surface area contributed by atoms with Crippen LogP contribution in [0.3, 0.4) is 0 Å². The van der Waals surface area contributed by atoms with Crippen LogP contribution in [-0.4, -0.2) is 43.6 Å². The standard InChI is InChI=1S/C23H25ClN4O4S2/c24-18-6-4-17-13-19(7-5-16(17)12-18)34(31,32)11-8-21(30)28(9-2-1-3-10-28)22-15-27(14-20(25)29)23(26)33-22/h4-7,12-13,15,26H,1-3,8-11,14H2,(H-,25,29)/p+1. The molecule has 1 aromatic heterocycles. The largest absolute Gasteiger partial charge is 0.368 e. The van der Waals surface area contributed by atoms with Crippen LogP contribution >= 0.6 is 22.9 Å². The molecular formula is C23H26ClN4O4S2+. The fourth-order valence-electron chi connectivity index (χ4n) is 4.45. The quantitative estimate of drug-likeness (QED) is 0.463. The average molecular weight is 522 g/mol. The van der Waals surface area contributed by atoms with Crippen molar-refractivity contribution in [1.82, 2.24) is 9.05 Å². The molecule has 1 fully saturated rings. The Bertz CT molecular complexity index is 1420. The van der Waals surface area contributed by atoms with Crippen LogP contribution in [0, 0.1) is 5.41 Å². The maximum Gasteiger partial charge on any atom is 0.320 e. The number of thiazole rings is 1. The van der Waals surface area contributed by atoms with Crippen LogP contribution in [0.15, 0.2) is 47.5 Å². The summed E-state index contributed by atoms with van der Waals surface area (Å²) in [6, 6.07) is 10.1. The van der Waals surface area contributed by atoms with Gasteiger partial charge in [0.2, 0.25) is 10.9 Å². The lowest BCUT2D eigenvalue weighted by Gasteiger charge is -2.36. The molecule has 2 amide bonds. The summed E-state index contributed by atoms with van der Waals surface area (Å²) in [5.41, 5.74) is 5.28. The Balaban J connectivity index is 1.58. The van der Waals surface area contributed by atoms with E-state index in [2.05, 4.69) is 0 Å². The third-order valence-electron chi connectivity index (χ3n) is 6.25. The van der Waals surface area contributed by atoms with Gasteiger partial charge in [0, 0.05) is 5.02 Å². The molecule has 0 atom stereocenters. The SMILES string of the molecule is N=c1sc([N+]2(C(=O)CCS(=O)(=O)c3ccc4cc(Cl)ccc4c3)CCCCC2)cn1CC(N)=O. The molecule has 3 aromatic rings. The first-order valence-corrected chi connectivity index (χ1v) is 13.8. The molecule has 0 unspecified atom stereocenters. The van der Waals surface area contributed by atoms with E-state index in [-0.39, 0.29) is 38.8 Å². The van der Waals surface area contributed by atoms with E-state index in [0.717, 1.165) is 41.4 Å². The lowest BCUT2D eigenvalue weighted by atomic mass is 10.1. The molecule has 8 nitrogen and oxygen atoms in total. The fraction of sp³-hybridized carbons (Fsp3) is 0.348. The fourth-order valence-corrected chi connectivity index (χ4v) is 6.96. The number of fused-ring (bicyclic) bond motifs is 1. The smallest absolute Gasteiger partial charge is 0.320 e.